The van der Waals surface area contributed by atoms with E-state index in [2.05, 4.69) is 31.5 Å². The molecule has 1 aliphatic rings. The predicted octanol–water partition coefficient (Wildman–Crippen LogP) is 5.82. The zero-order valence-electron chi connectivity index (χ0n) is 14.8. The molecule has 2 heterocycles. The number of nitrogens with zero attached hydrogens (tertiary/aromatic N) is 2. The zero-order valence-corrected chi connectivity index (χ0v) is 17.2. The number of rotatable bonds is 4. The zero-order chi connectivity index (χ0) is 18.6. The number of amides is 1. The van der Waals surface area contributed by atoms with E-state index in [1.807, 2.05) is 36.4 Å². The molecule has 0 atom stereocenters. The molecule has 3 aromatic rings. The Balaban J connectivity index is 1.50. The molecule has 4 rings (SSSR count). The molecule has 1 fully saturated rings. The summed E-state index contributed by atoms with van der Waals surface area (Å²) >= 11 is 5.08. The van der Waals surface area contributed by atoms with Crippen LogP contribution in [0.25, 0.3) is 11.3 Å². The van der Waals surface area contributed by atoms with Gasteiger partial charge in [0, 0.05) is 39.8 Å². The van der Waals surface area contributed by atoms with Gasteiger partial charge in [-0.1, -0.05) is 28.1 Å². The minimum absolute atomic E-state index is 0.119. The number of aromatic nitrogens is 1. The maximum atomic E-state index is 12.4. The molecule has 2 aromatic carbocycles. The fourth-order valence-corrected chi connectivity index (χ4v) is 4.34. The van der Waals surface area contributed by atoms with Crippen LogP contribution in [0.5, 0.6) is 0 Å². The summed E-state index contributed by atoms with van der Waals surface area (Å²) in [7, 11) is 0. The number of hydrogen-bond acceptors (Lipinski definition) is 4. The summed E-state index contributed by atoms with van der Waals surface area (Å²) in [5.41, 5.74) is 3.38. The first-order chi connectivity index (χ1) is 13.2. The second-order valence-corrected chi connectivity index (χ2v) is 8.36. The normalized spacial score (nSPS) is 14.2. The van der Waals surface area contributed by atoms with Gasteiger partial charge in [-0.05, 0) is 55.7 Å². The van der Waals surface area contributed by atoms with Crippen LogP contribution in [0.15, 0.2) is 58.4 Å². The molecule has 1 aliphatic heterocycles. The maximum absolute atomic E-state index is 12.4. The first-order valence-electron chi connectivity index (χ1n) is 9.07. The van der Waals surface area contributed by atoms with Gasteiger partial charge < -0.3 is 10.2 Å². The van der Waals surface area contributed by atoms with Gasteiger partial charge in [0.2, 0.25) is 0 Å². The SMILES string of the molecule is O=C(Nc1cccc(-c2csc(N3CCCCC3)n2)c1)c1ccc(Br)cc1. The molecule has 1 aromatic heterocycles. The van der Waals surface area contributed by atoms with E-state index in [0.29, 0.717) is 5.56 Å². The van der Waals surface area contributed by atoms with Crippen molar-refractivity contribution in [2.24, 2.45) is 0 Å². The van der Waals surface area contributed by atoms with Gasteiger partial charge in [0.05, 0.1) is 5.69 Å². The summed E-state index contributed by atoms with van der Waals surface area (Å²) in [6.07, 6.45) is 3.80. The van der Waals surface area contributed by atoms with Crippen LogP contribution in [0.3, 0.4) is 0 Å². The van der Waals surface area contributed by atoms with E-state index in [0.717, 1.165) is 39.6 Å². The summed E-state index contributed by atoms with van der Waals surface area (Å²) in [4.78, 5) is 19.6. The minimum Gasteiger partial charge on any atom is -0.348 e. The van der Waals surface area contributed by atoms with Crippen molar-refractivity contribution in [2.75, 3.05) is 23.3 Å². The van der Waals surface area contributed by atoms with Gasteiger partial charge in [-0.25, -0.2) is 4.98 Å². The molecule has 1 N–H and O–H groups in total. The van der Waals surface area contributed by atoms with Gasteiger partial charge in [-0.2, -0.15) is 0 Å². The van der Waals surface area contributed by atoms with Crippen molar-refractivity contribution in [3.63, 3.8) is 0 Å². The Bertz CT molecular complexity index is 933. The number of carbonyl (C=O) groups is 1. The third kappa shape index (κ3) is 4.39. The molecule has 138 valence electrons. The Hall–Kier alpha value is -2.18. The highest BCUT2D eigenvalue weighted by molar-refractivity contribution is 9.10. The highest BCUT2D eigenvalue weighted by Crippen LogP contribution is 2.30. The Morgan fingerprint density at radius 3 is 2.63 bits per heavy atom. The fourth-order valence-electron chi connectivity index (χ4n) is 3.19. The molecular weight excluding hydrogens is 422 g/mol. The van der Waals surface area contributed by atoms with Gasteiger partial charge in [0.15, 0.2) is 5.13 Å². The fraction of sp³-hybridized carbons (Fsp3) is 0.238. The van der Waals surface area contributed by atoms with Crippen molar-refractivity contribution in [3.05, 3.63) is 63.9 Å². The Labute approximate surface area is 171 Å². The lowest BCUT2D eigenvalue weighted by atomic mass is 10.1. The van der Waals surface area contributed by atoms with E-state index in [1.165, 1.54) is 19.3 Å². The first kappa shape index (κ1) is 18.2. The number of anilines is 2. The van der Waals surface area contributed by atoms with Crippen LogP contribution in [-0.4, -0.2) is 24.0 Å². The van der Waals surface area contributed by atoms with Gasteiger partial charge in [0.25, 0.3) is 5.91 Å². The highest BCUT2D eigenvalue weighted by Gasteiger charge is 2.15. The quantitative estimate of drug-likeness (QED) is 0.554. The molecule has 0 aliphatic carbocycles. The first-order valence-corrected chi connectivity index (χ1v) is 10.7. The molecule has 6 heteroatoms. The average molecular weight is 442 g/mol. The maximum Gasteiger partial charge on any atom is 0.255 e. The van der Waals surface area contributed by atoms with Gasteiger partial charge in [-0.3, -0.25) is 4.79 Å². The number of nitrogens with one attached hydrogen (secondary N) is 1. The van der Waals surface area contributed by atoms with Crippen LogP contribution in [0.1, 0.15) is 29.6 Å². The topological polar surface area (TPSA) is 45.2 Å². The summed E-state index contributed by atoms with van der Waals surface area (Å²) in [5, 5.41) is 6.16. The summed E-state index contributed by atoms with van der Waals surface area (Å²) in [6.45, 7) is 2.19. The smallest absolute Gasteiger partial charge is 0.255 e. The average Bonchev–Trinajstić information content (AvgIpc) is 3.20. The molecule has 0 radical (unpaired) electrons. The van der Waals surface area contributed by atoms with E-state index in [1.54, 1.807) is 23.5 Å². The predicted molar refractivity (Wildman–Crippen MR) is 116 cm³/mol. The minimum atomic E-state index is -0.119. The number of piperidine rings is 1. The number of benzene rings is 2. The van der Waals surface area contributed by atoms with Crippen molar-refractivity contribution in [2.45, 2.75) is 19.3 Å². The van der Waals surface area contributed by atoms with Crippen LogP contribution in [-0.2, 0) is 0 Å². The van der Waals surface area contributed by atoms with Crippen molar-refractivity contribution in [1.82, 2.24) is 4.98 Å². The van der Waals surface area contributed by atoms with Gasteiger partial charge in [0.1, 0.15) is 0 Å². The van der Waals surface area contributed by atoms with Crippen LogP contribution in [0, 0.1) is 0 Å². The van der Waals surface area contributed by atoms with Crippen molar-refractivity contribution in [3.8, 4) is 11.3 Å². The third-order valence-electron chi connectivity index (χ3n) is 4.64. The summed E-state index contributed by atoms with van der Waals surface area (Å²) in [5.74, 6) is -0.119. The van der Waals surface area contributed by atoms with E-state index in [-0.39, 0.29) is 5.91 Å². The van der Waals surface area contributed by atoms with Gasteiger partial charge >= 0.3 is 0 Å². The lowest BCUT2D eigenvalue weighted by Crippen LogP contribution is -2.29. The molecule has 0 saturated carbocycles. The van der Waals surface area contributed by atoms with Crippen LogP contribution in [0.4, 0.5) is 10.8 Å². The lowest BCUT2D eigenvalue weighted by molar-refractivity contribution is 0.102. The van der Waals surface area contributed by atoms with Crippen molar-refractivity contribution in [1.29, 1.82) is 0 Å². The van der Waals surface area contributed by atoms with Crippen molar-refractivity contribution < 1.29 is 4.79 Å². The molecule has 0 bridgehead atoms. The van der Waals surface area contributed by atoms with Crippen molar-refractivity contribution >= 4 is 44.0 Å². The number of thiazole rings is 1. The monoisotopic (exact) mass is 441 g/mol. The second kappa shape index (κ2) is 8.23. The van der Waals surface area contributed by atoms with Crippen LogP contribution >= 0.6 is 27.3 Å². The molecule has 1 saturated heterocycles. The van der Waals surface area contributed by atoms with E-state index >= 15 is 0 Å². The number of halogens is 1. The number of carbonyl (C=O) groups excluding carboxylic acids is 1. The highest BCUT2D eigenvalue weighted by atomic mass is 79.9. The molecular formula is C21H20BrN3OS. The van der Waals surface area contributed by atoms with E-state index < -0.39 is 0 Å². The summed E-state index contributed by atoms with van der Waals surface area (Å²) < 4.78 is 0.953. The Morgan fingerprint density at radius 2 is 1.85 bits per heavy atom. The second-order valence-electron chi connectivity index (χ2n) is 6.60. The van der Waals surface area contributed by atoms with E-state index in [4.69, 9.17) is 4.98 Å². The number of hydrogen-bond donors (Lipinski definition) is 1. The van der Waals surface area contributed by atoms with E-state index in [9.17, 15) is 4.79 Å². The van der Waals surface area contributed by atoms with Crippen LogP contribution < -0.4 is 10.2 Å². The molecule has 0 spiro atoms. The molecule has 0 unspecified atom stereocenters. The summed E-state index contributed by atoms with van der Waals surface area (Å²) in [6, 6.07) is 15.2. The molecule has 4 nitrogen and oxygen atoms in total. The third-order valence-corrected chi connectivity index (χ3v) is 6.07. The van der Waals surface area contributed by atoms with Crippen LogP contribution in [0.2, 0.25) is 0 Å². The molecule has 27 heavy (non-hydrogen) atoms. The standard InChI is InChI=1S/C21H20BrN3OS/c22-17-9-7-15(8-10-17)20(26)23-18-6-4-5-16(13-18)19-14-27-21(24-19)25-11-2-1-3-12-25/h4-10,13-14H,1-3,11-12H2,(H,23,26). The Morgan fingerprint density at radius 1 is 1.07 bits per heavy atom. The van der Waals surface area contributed by atoms with Gasteiger partial charge in [-0.15, -0.1) is 11.3 Å². The largest absolute Gasteiger partial charge is 0.348 e. The lowest BCUT2D eigenvalue weighted by Gasteiger charge is -2.25. The molecule has 1 amide bonds. The Kier molecular flexibility index (Phi) is 5.55.